The maximum Gasteiger partial charge on any atom is 0.243 e. The van der Waals surface area contributed by atoms with Crippen LogP contribution in [0.3, 0.4) is 0 Å². The Kier molecular flexibility index (Phi) is 7.29. The third-order valence-electron chi connectivity index (χ3n) is 4.93. The standard InChI is InChI=1S/C21H25ClN2O4S/c1-16-5-2-3-6-17(16)14-24(15-21(25)23-13-19-7-4-12-28-19)29(26,27)20-10-8-18(22)9-11-20/h2-3,5-6,8-11,19H,4,7,12-15H2,1H3,(H,23,25)/t19-/m0/s1. The molecule has 0 radical (unpaired) electrons. The lowest BCUT2D eigenvalue weighted by atomic mass is 10.1. The van der Waals surface area contributed by atoms with Crippen LogP contribution in [0.2, 0.25) is 5.02 Å². The van der Waals surface area contributed by atoms with E-state index in [0.717, 1.165) is 24.0 Å². The molecule has 156 valence electrons. The van der Waals surface area contributed by atoms with E-state index >= 15 is 0 Å². The average molecular weight is 437 g/mol. The van der Waals surface area contributed by atoms with Gasteiger partial charge in [-0.1, -0.05) is 35.9 Å². The largest absolute Gasteiger partial charge is 0.376 e. The van der Waals surface area contributed by atoms with E-state index in [1.54, 1.807) is 0 Å². The van der Waals surface area contributed by atoms with Crippen molar-refractivity contribution in [2.75, 3.05) is 19.7 Å². The third kappa shape index (κ3) is 5.79. The van der Waals surface area contributed by atoms with Crippen LogP contribution in [0.1, 0.15) is 24.0 Å². The fourth-order valence-corrected chi connectivity index (χ4v) is 4.71. The second-order valence-electron chi connectivity index (χ2n) is 7.09. The summed E-state index contributed by atoms with van der Waals surface area (Å²) in [7, 11) is -3.88. The van der Waals surface area contributed by atoms with Crippen LogP contribution in [0.25, 0.3) is 0 Å². The number of hydrogen-bond donors (Lipinski definition) is 1. The molecule has 1 N–H and O–H groups in total. The van der Waals surface area contributed by atoms with Gasteiger partial charge in [0.15, 0.2) is 0 Å². The van der Waals surface area contributed by atoms with E-state index in [0.29, 0.717) is 18.2 Å². The molecule has 1 aliphatic heterocycles. The quantitative estimate of drug-likeness (QED) is 0.689. The molecule has 2 aromatic carbocycles. The molecule has 6 nitrogen and oxygen atoms in total. The van der Waals surface area contributed by atoms with Crippen LogP contribution in [-0.2, 0) is 26.1 Å². The Labute approximate surface area is 176 Å². The first-order valence-corrected chi connectivity index (χ1v) is 11.4. The molecule has 0 bridgehead atoms. The van der Waals surface area contributed by atoms with Crippen molar-refractivity contribution in [3.63, 3.8) is 0 Å². The van der Waals surface area contributed by atoms with Gasteiger partial charge < -0.3 is 10.1 Å². The highest BCUT2D eigenvalue weighted by atomic mass is 35.5. The van der Waals surface area contributed by atoms with Crippen LogP contribution in [0.5, 0.6) is 0 Å². The molecule has 1 fully saturated rings. The molecule has 8 heteroatoms. The van der Waals surface area contributed by atoms with E-state index < -0.39 is 10.0 Å². The van der Waals surface area contributed by atoms with Crippen LogP contribution >= 0.6 is 11.6 Å². The van der Waals surface area contributed by atoms with E-state index in [1.165, 1.54) is 28.6 Å². The number of sulfonamides is 1. The van der Waals surface area contributed by atoms with Gasteiger partial charge in [-0.05, 0) is 55.2 Å². The molecule has 0 saturated carbocycles. The van der Waals surface area contributed by atoms with Gasteiger partial charge in [0, 0.05) is 24.7 Å². The van der Waals surface area contributed by atoms with Gasteiger partial charge in [-0.15, -0.1) is 0 Å². The van der Waals surface area contributed by atoms with Crippen LogP contribution in [0, 0.1) is 6.92 Å². The maximum atomic E-state index is 13.2. The summed E-state index contributed by atoms with van der Waals surface area (Å²) in [4.78, 5) is 12.6. The number of carbonyl (C=O) groups excluding carboxylic acids is 1. The molecule has 1 aliphatic rings. The van der Waals surface area contributed by atoms with Crippen LogP contribution in [-0.4, -0.2) is 44.4 Å². The molecule has 2 aromatic rings. The Morgan fingerprint density at radius 1 is 1.21 bits per heavy atom. The fraction of sp³-hybridized carbons (Fsp3) is 0.381. The summed E-state index contributed by atoms with van der Waals surface area (Å²) in [5.74, 6) is -0.355. The molecule has 29 heavy (non-hydrogen) atoms. The minimum atomic E-state index is -3.88. The van der Waals surface area contributed by atoms with Gasteiger partial charge in [-0.3, -0.25) is 4.79 Å². The van der Waals surface area contributed by atoms with Crippen molar-refractivity contribution in [1.29, 1.82) is 0 Å². The first kappa shape index (κ1) is 21.8. The van der Waals surface area contributed by atoms with Gasteiger partial charge in [-0.25, -0.2) is 8.42 Å². The number of rotatable bonds is 8. The Balaban J connectivity index is 1.79. The Bertz CT molecular complexity index is 941. The molecule has 0 aromatic heterocycles. The van der Waals surface area contributed by atoms with Gasteiger partial charge in [-0.2, -0.15) is 4.31 Å². The summed E-state index contributed by atoms with van der Waals surface area (Å²) in [5, 5.41) is 3.24. The predicted octanol–water partition coefficient (Wildman–Crippen LogP) is 3.13. The number of nitrogens with zero attached hydrogens (tertiary/aromatic N) is 1. The number of ether oxygens (including phenoxy) is 1. The average Bonchev–Trinajstić information content (AvgIpc) is 3.21. The van der Waals surface area contributed by atoms with E-state index in [2.05, 4.69) is 5.32 Å². The van der Waals surface area contributed by atoms with Gasteiger partial charge in [0.25, 0.3) is 0 Å². The molecule has 1 atom stereocenters. The lowest BCUT2D eigenvalue weighted by molar-refractivity contribution is -0.121. The number of benzene rings is 2. The Morgan fingerprint density at radius 3 is 2.59 bits per heavy atom. The van der Waals surface area contributed by atoms with Gasteiger partial charge in [0.1, 0.15) is 0 Å². The van der Waals surface area contributed by atoms with Crippen molar-refractivity contribution in [2.24, 2.45) is 0 Å². The summed E-state index contributed by atoms with van der Waals surface area (Å²) < 4.78 is 33.2. The highest BCUT2D eigenvalue weighted by Crippen LogP contribution is 2.21. The summed E-state index contributed by atoms with van der Waals surface area (Å²) in [6.07, 6.45) is 1.87. The first-order valence-electron chi connectivity index (χ1n) is 9.55. The van der Waals surface area contributed by atoms with E-state index in [1.807, 2.05) is 31.2 Å². The molecule has 0 spiro atoms. The van der Waals surface area contributed by atoms with Gasteiger partial charge in [0.2, 0.25) is 15.9 Å². The topological polar surface area (TPSA) is 75.7 Å². The smallest absolute Gasteiger partial charge is 0.243 e. The summed E-state index contributed by atoms with van der Waals surface area (Å²) >= 11 is 5.90. The number of halogens is 1. The first-order chi connectivity index (χ1) is 13.9. The summed E-state index contributed by atoms with van der Waals surface area (Å²) in [5.41, 5.74) is 1.81. The van der Waals surface area contributed by atoms with Crippen molar-refractivity contribution in [2.45, 2.75) is 37.3 Å². The monoisotopic (exact) mass is 436 g/mol. The molecule has 0 aliphatic carbocycles. The van der Waals surface area contributed by atoms with Crippen molar-refractivity contribution in [1.82, 2.24) is 9.62 Å². The zero-order valence-corrected chi connectivity index (χ0v) is 17.9. The van der Waals surface area contributed by atoms with Crippen molar-refractivity contribution >= 4 is 27.5 Å². The molecule has 3 rings (SSSR count). The SMILES string of the molecule is Cc1ccccc1CN(CC(=O)NC[C@@H]1CCCO1)S(=O)(=O)c1ccc(Cl)cc1. The van der Waals surface area contributed by atoms with Crippen LogP contribution < -0.4 is 5.32 Å². The fourth-order valence-electron chi connectivity index (χ4n) is 3.21. The number of aryl methyl sites for hydroxylation is 1. The predicted molar refractivity (Wildman–Crippen MR) is 112 cm³/mol. The summed E-state index contributed by atoms with van der Waals surface area (Å²) in [6.45, 7) is 2.83. The zero-order chi connectivity index (χ0) is 20.9. The van der Waals surface area contributed by atoms with Crippen molar-refractivity contribution in [3.05, 3.63) is 64.7 Å². The maximum absolute atomic E-state index is 13.2. The van der Waals surface area contributed by atoms with Crippen LogP contribution in [0.4, 0.5) is 0 Å². The Hall–Kier alpha value is -1.93. The molecule has 1 amide bonds. The number of nitrogens with one attached hydrogen (secondary N) is 1. The summed E-state index contributed by atoms with van der Waals surface area (Å²) in [6, 6.07) is 13.5. The van der Waals surface area contributed by atoms with Gasteiger partial charge >= 0.3 is 0 Å². The molecular weight excluding hydrogens is 412 g/mol. The lowest BCUT2D eigenvalue weighted by Gasteiger charge is -2.23. The number of amides is 1. The van der Waals surface area contributed by atoms with Gasteiger partial charge in [0.05, 0.1) is 17.5 Å². The minimum absolute atomic E-state index is 0.00311. The van der Waals surface area contributed by atoms with Crippen molar-refractivity contribution < 1.29 is 17.9 Å². The van der Waals surface area contributed by atoms with Crippen molar-refractivity contribution in [3.8, 4) is 0 Å². The molecule has 0 unspecified atom stereocenters. The Morgan fingerprint density at radius 2 is 1.93 bits per heavy atom. The number of hydrogen-bond acceptors (Lipinski definition) is 4. The van der Waals surface area contributed by atoms with E-state index in [9.17, 15) is 13.2 Å². The van der Waals surface area contributed by atoms with E-state index in [-0.39, 0.29) is 30.0 Å². The molecule has 1 saturated heterocycles. The van der Waals surface area contributed by atoms with Crippen LogP contribution in [0.15, 0.2) is 53.4 Å². The normalized spacial score (nSPS) is 16.9. The highest BCUT2D eigenvalue weighted by Gasteiger charge is 2.28. The molecule has 1 heterocycles. The zero-order valence-electron chi connectivity index (χ0n) is 16.3. The highest BCUT2D eigenvalue weighted by molar-refractivity contribution is 7.89. The minimum Gasteiger partial charge on any atom is -0.376 e. The molecular formula is C21H25ClN2O4S. The second-order valence-corrected chi connectivity index (χ2v) is 9.47. The second kappa shape index (κ2) is 9.71. The third-order valence-corrected chi connectivity index (χ3v) is 6.99. The number of carbonyl (C=O) groups is 1. The lowest BCUT2D eigenvalue weighted by Crippen LogP contribution is -2.42. The van der Waals surface area contributed by atoms with E-state index in [4.69, 9.17) is 16.3 Å².